The van der Waals surface area contributed by atoms with E-state index in [1.54, 1.807) is 9.80 Å². The van der Waals surface area contributed by atoms with Crippen LogP contribution in [0.15, 0.2) is 117 Å². The average molecular weight is 2140 g/mol. The maximum absolute atomic E-state index is 13.5. The van der Waals surface area contributed by atoms with Crippen molar-refractivity contribution in [1.82, 2.24) is 53.8 Å². The molecule has 8 bridgehead atoms. The van der Waals surface area contributed by atoms with Crippen molar-refractivity contribution in [3.8, 4) is 23.0 Å². The third-order valence-electron chi connectivity index (χ3n) is 25.9. The van der Waals surface area contributed by atoms with Gasteiger partial charge in [-0.1, -0.05) is 24.3 Å². The summed E-state index contributed by atoms with van der Waals surface area (Å²) >= 11 is 0. The van der Waals surface area contributed by atoms with Crippen molar-refractivity contribution in [3.63, 3.8) is 0 Å². The standard InChI is InChI=1S/C23H21F4N3O5.2C22H19F4N3O5.C14H14N2O6.C8H7F4N.2BrH.Mg/c1-34-20-18-22(33)30-12-3-4-13(7-12)35-17(30)10-29(18)9-14(19(20)31)21(32)28-8-11-2-5-16(24)15(6-11)23(25,26)27;2*23-15-4-1-10(5-14(15)22(24,25)26)7-27-20(32)13-8-28-9-16-29(11-2-3-12(6-11)34-16)21(33)17(28)19(31)18(13)30;17-11-8(14(20)21)4-15-5-9-16(13(19)10(15)12(11)18)6-1-2-7(3-6)22-9;9-7-2-1-5(4-13)3-6(7)8(10,11)12;;;/h2,5-6,9,12-13,17H,3-4,7-8,10H2,1H3,(H,28,32);2*1,4-5,8,11-12,16,31H,2-3,6-7,9H2,(H,27,32);4,6-7,9,18H,1-3,5H2,(H,20,21);1-3H,4,13H2;2*1H;/q;;;;;;;+2/p-2/t12-,13+,17+;2*11-,12+,16+;6-,7+,9+;;;;/m1111..../s1. The molecule has 4 aromatic heterocycles. The van der Waals surface area contributed by atoms with E-state index in [4.69, 9.17) is 34.5 Å². The topological polar surface area (TPSA) is 427 Å². The van der Waals surface area contributed by atoms with Gasteiger partial charge in [-0.3, -0.25) is 52.7 Å². The summed E-state index contributed by atoms with van der Waals surface area (Å²) < 4.78 is 240. The number of carboxylic acids is 1. The molecule has 0 spiro atoms. The number of halogens is 18. The van der Waals surface area contributed by atoms with E-state index < -0.39 is 211 Å². The van der Waals surface area contributed by atoms with Gasteiger partial charge in [0.1, 0.15) is 45.5 Å². The smallest absolute Gasteiger partial charge is 1.00 e. The average Bonchev–Trinajstić information content (AvgIpc) is 1.75. The molecule has 7 amide bonds. The first-order valence-electron chi connectivity index (χ1n) is 42.9. The fraction of sp³-hybridized carbons (Fsp3) is 0.416. The Morgan fingerprint density at radius 3 is 0.887 bits per heavy atom. The molecule has 8 aromatic rings. The number of methoxy groups -OCH3 is 1. The second-order valence-corrected chi connectivity index (χ2v) is 34.4. The number of amides is 7. The van der Waals surface area contributed by atoms with Crippen molar-refractivity contribution in [1.29, 1.82) is 0 Å². The van der Waals surface area contributed by atoms with Gasteiger partial charge < -0.3 is 138 Å². The fourth-order valence-corrected chi connectivity index (χ4v) is 19.5. The molecule has 4 saturated heterocycles. The number of aromatic nitrogens is 4. The number of alkyl halides is 12. The minimum atomic E-state index is -4.91. The number of ether oxygens (including phenoxy) is 5. The summed E-state index contributed by atoms with van der Waals surface area (Å²) in [6.07, 6.45) is -7.39. The van der Waals surface area contributed by atoms with Gasteiger partial charge in [0.2, 0.25) is 21.7 Å². The molecular formula is C89H80Br2F16MgN12O21. The molecule has 52 heteroatoms. The predicted molar refractivity (Wildman–Crippen MR) is 444 cm³/mol. The van der Waals surface area contributed by atoms with Gasteiger partial charge in [-0.2, -0.15) is 52.7 Å². The number of carbonyl (C=O) groups excluding carboxylic acids is 7. The maximum Gasteiger partial charge on any atom is 2.00 e. The zero-order valence-electron chi connectivity index (χ0n) is 73.2. The Kier molecular flexibility index (Phi) is 31.1. The number of nitrogens with one attached hydrogen (secondary N) is 3. The minimum Gasteiger partial charge on any atom is -1.00 e. The molecular weight excluding hydrogens is 2060 g/mol. The van der Waals surface area contributed by atoms with Crippen molar-refractivity contribution in [3.05, 3.63) is 251 Å². The van der Waals surface area contributed by atoms with E-state index in [1.807, 2.05) is 0 Å². The molecule has 12 atom stereocenters. The molecule has 4 aromatic carbocycles. The first-order valence-corrected chi connectivity index (χ1v) is 42.9. The quantitative estimate of drug-likeness (QED) is 0.0642. The Balaban J connectivity index is 0.000000152. The van der Waals surface area contributed by atoms with Gasteiger partial charge in [0.25, 0.3) is 41.4 Å². The number of hydrogen-bond donors (Lipinski definition) is 8. The maximum atomic E-state index is 13.5. The summed E-state index contributed by atoms with van der Waals surface area (Å²) in [5, 5.41) is 47.0. The molecule has 33 nitrogen and oxygen atoms in total. The first kappa shape index (κ1) is 106. The number of carboxylic acid groups (broad SMARTS) is 1. The molecule has 8 fully saturated rings. The largest absolute Gasteiger partial charge is 2.00 e. The van der Waals surface area contributed by atoms with Crippen LogP contribution in [0.4, 0.5) is 70.2 Å². The van der Waals surface area contributed by atoms with E-state index in [-0.39, 0.29) is 201 Å². The number of nitrogens with zero attached hydrogens (tertiary/aromatic N) is 8. The number of aromatic carboxylic acids is 1. The van der Waals surface area contributed by atoms with Crippen LogP contribution in [0, 0.1) is 23.3 Å². The van der Waals surface area contributed by atoms with Gasteiger partial charge in [0, 0.05) is 75.1 Å². The van der Waals surface area contributed by atoms with Crippen LogP contribution in [-0.2, 0) is 96.0 Å². The van der Waals surface area contributed by atoms with Crippen LogP contribution < -0.4 is 82.1 Å². The van der Waals surface area contributed by atoms with Crippen molar-refractivity contribution in [2.75, 3.05) is 7.11 Å². The summed E-state index contributed by atoms with van der Waals surface area (Å²) in [4.78, 5) is 158. The molecule has 9 N–H and O–H groups in total. The summed E-state index contributed by atoms with van der Waals surface area (Å²) in [7, 11) is 1.22. The summed E-state index contributed by atoms with van der Waals surface area (Å²) in [6, 6.07) is 9.61. The second kappa shape index (κ2) is 41.2. The van der Waals surface area contributed by atoms with Crippen LogP contribution in [0.3, 0.4) is 0 Å². The van der Waals surface area contributed by atoms with Gasteiger partial charge in [-0.25, -0.2) is 22.4 Å². The van der Waals surface area contributed by atoms with E-state index in [0.29, 0.717) is 49.2 Å². The molecule has 0 unspecified atom stereocenters. The summed E-state index contributed by atoms with van der Waals surface area (Å²) in [5.74, 6) is -14.7. The number of rotatable bonds is 12. The van der Waals surface area contributed by atoms with E-state index in [9.17, 15) is 143 Å². The SMILES string of the molecule is COc1c2n(cc(C(=O)NCc3ccc(F)c(C(F)(F)F)c3)c1=O)C[C@@H]1O[C@H]3CC[C@H](C3)N1C2=O.NCc1ccc(F)c(C(F)(F)F)c1.O=C(NCc1ccc(F)c(C(F)(F)F)c1)c1cn2c(c(O)c1=O)C(=O)N1[C@@H]3CC[C@@H](C3)O[C@H]1C2.O=C(NCc1ccc(F)c(C(F)(F)F)c1)c1cn2c(c(O)c1=O)C(=O)N1[C@@H]3CC[C@@H](C3)O[C@H]1C2.O=C(O)c1cn2c(c(O)c1=O)C(=O)N1[C@@H]3CC[C@@H](C3)O[C@H]1C2.[Br-].[Br-].[Mg+2]. The van der Waals surface area contributed by atoms with Crippen LogP contribution >= 0.6 is 0 Å². The monoisotopic (exact) mass is 2140 g/mol. The van der Waals surface area contributed by atoms with Gasteiger partial charge >= 0.3 is 53.7 Å². The Hall–Kier alpha value is -12.0. The normalized spacial score (nSPS) is 22.7. The molecule has 4 aliphatic carbocycles. The predicted octanol–water partition coefficient (Wildman–Crippen LogP) is 3.34. The summed E-state index contributed by atoms with van der Waals surface area (Å²) in [5.41, 5.74) is -6.86. The molecule has 750 valence electrons. The van der Waals surface area contributed by atoms with Gasteiger partial charge in [0.05, 0.1) is 80.0 Å². The molecule has 20 rings (SSSR count). The molecule has 8 aliphatic heterocycles. The summed E-state index contributed by atoms with van der Waals surface area (Å²) in [6.45, 7) is -0.654. The zero-order valence-corrected chi connectivity index (χ0v) is 77.8. The Morgan fingerprint density at radius 1 is 0.383 bits per heavy atom. The molecule has 4 saturated carbocycles. The van der Waals surface area contributed by atoms with E-state index >= 15 is 0 Å². The number of pyridine rings is 4. The Morgan fingerprint density at radius 2 is 0.624 bits per heavy atom. The van der Waals surface area contributed by atoms with E-state index in [2.05, 4.69) is 16.0 Å². The first-order chi connectivity index (χ1) is 65.1. The number of fused-ring (bicyclic) bond motifs is 20. The van der Waals surface area contributed by atoms with Crippen LogP contribution in [0.1, 0.15) is 205 Å². The second-order valence-electron chi connectivity index (χ2n) is 34.4. The van der Waals surface area contributed by atoms with E-state index in [1.165, 1.54) is 47.4 Å². The zero-order chi connectivity index (χ0) is 99.4. The van der Waals surface area contributed by atoms with Crippen molar-refractivity contribution >= 4 is 70.4 Å². The van der Waals surface area contributed by atoms with Crippen LogP contribution in [0.25, 0.3) is 0 Å². The molecule has 141 heavy (non-hydrogen) atoms. The third kappa shape index (κ3) is 21.0. The van der Waals surface area contributed by atoms with Crippen molar-refractivity contribution in [2.45, 2.75) is 228 Å². The number of hydrogen-bond acceptors (Lipinski definition) is 21. The number of carbonyl (C=O) groups is 8. The van der Waals surface area contributed by atoms with Crippen LogP contribution in [0.5, 0.6) is 23.0 Å². The van der Waals surface area contributed by atoms with Crippen molar-refractivity contribution < 1.29 is 187 Å². The van der Waals surface area contributed by atoms with Crippen molar-refractivity contribution in [2.24, 2.45) is 5.73 Å². The van der Waals surface area contributed by atoms with Gasteiger partial charge in [0.15, 0.2) is 70.7 Å². The van der Waals surface area contributed by atoms with Crippen LogP contribution in [-0.4, -0.2) is 209 Å². The van der Waals surface area contributed by atoms with Gasteiger partial charge in [-0.15, -0.1) is 0 Å². The third-order valence-corrected chi connectivity index (χ3v) is 25.9. The molecule has 12 heterocycles. The number of aromatic hydroxyl groups is 3. The number of benzene rings is 4. The van der Waals surface area contributed by atoms with E-state index in [0.717, 1.165) is 113 Å². The minimum absolute atomic E-state index is 0. The van der Waals surface area contributed by atoms with Crippen LogP contribution in [0.2, 0.25) is 0 Å². The molecule has 12 aliphatic rings. The fourth-order valence-electron chi connectivity index (χ4n) is 19.5. The Bertz CT molecular complexity index is 6410. The number of nitrogens with two attached hydrogens (primary N) is 1. The van der Waals surface area contributed by atoms with Gasteiger partial charge in [-0.05, 0) is 148 Å². The molecule has 0 radical (unpaired) electrons. The Labute approximate surface area is 821 Å².